The molecule has 0 heterocycles. The summed E-state index contributed by atoms with van der Waals surface area (Å²) >= 11 is 0. The summed E-state index contributed by atoms with van der Waals surface area (Å²) in [6.45, 7) is 2.94. The van der Waals surface area contributed by atoms with Crippen molar-refractivity contribution < 1.29 is 24.6 Å². The third-order valence-corrected chi connectivity index (χ3v) is 5.38. The topological polar surface area (TPSA) is 64.5 Å². The van der Waals surface area contributed by atoms with Crippen LogP contribution in [0.3, 0.4) is 0 Å². The van der Waals surface area contributed by atoms with Crippen molar-refractivity contribution in [1.82, 2.24) is 0 Å². The second-order valence-electron chi connectivity index (χ2n) is 7.58. The molecule has 0 aromatic heterocycles. The van der Waals surface area contributed by atoms with Gasteiger partial charge in [0.15, 0.2) is 0 Å². The van der Waals surface area contributed by atoms with E-state index in [1.807, 2.05) is 66.7 Å². The molecule has 3 aromatic rings. The molecular weight excluding hydrogens is 390 g/mol. The molecule has 0 bridgehead atoms. The number of ether oxygens (including phenoxy) is 3. The molecule has 0 saturated heterocycles. The van der Waals surface area contributed by atoms with Gasteiger partial charge in [0.05, 0.1) is 20.8 Å². The molecule has 0 spiro atoms. The molecule has 5 heteroatoms. The zero-order chi connectivity index (χ0) is 22.1. The first-order valence-electron chi connectivity index (χ1n) is 10.6. The Morgan fingerprint density at radius 1 is 0.742 bits per heavy atom. The summed E-state index contributed by atoms with van der Waals surface area (Å²) in [6.07, 6.45) is -0.872. The van der Waals surface area contributed by atoms with Gasteiger partial charge < -0.3 is 24.6 Å². The highest BCUT2D eigenvalue weighted by Crippen LogP contribution is 2.29. The largest absolute Gasteiger partial charge is 0.497 e. The molecule has 0 aliphatic heterocycles. The summed E-state index contributed by atoms with van der Waals surface area (Å²) in [7, 11) is 3.30. The second-order valence-corrected chi connectivity index (χ2v) is 7.58. The van der Waals surface area contributed by atoms with Crippen LogP contribution < -0.4 is 14.8 Å². The average molecular weight is 423 g/mol. The molecule has 0 unspecified atom stereocenters. The lowest BCUT2D eigenvalue weighted by Crippen LogP contribution is -2.87. The van der Waals surface area contributed by atoms with Gasteiger partial charge in [0.25, 0.3) is 0 Å². The Morgan fingerprint density at radius 2 is 1.26 bits per heavy atom. The highest BCUT2D eigenvalue weighted by Gasteiger charge is 2.19. The van der Waals surface area contributed by atoms with Gasteiger partial charge in [0.1, 0.15) is 36.3 Å². The molecule has 0 aliphatic carbocycles. The van der Waals surface area contributed by atoms with E-state index >= 15 is 0 Å². The normalized spacial score (nSPS) is 13.1. The fourth-order valence-corrected chi connectivity index (χ4v) is 3.47. The van der Waals surface area contributed by atoms with E-state index in [0.29, 0.717) is 6.54 Å². The van der Waals surface area contributed by atoms with Gasteiger partial charge in [0.2, 0.25) is 0 Å². The molecule has 164 valence electrons. The first kappa shape index (κ1) is 22.8. The van der Waals surface area contributed by atoms with E-state index < -0.39 is 6.10 Å². The van der Waals surface area contributed by atoms with Crippen LogP contribution in [0.25, 0.3) is 0 Å². The number of methoxy groups -OCH3 is 2. The smallest absolute Gasteiger partial charge is 0.126 e. The lowest BCUT2D eigenvalue weighted by molar-refractivity contribution is -0.698. The fourth-order valence-electron chi connectivity index (χ4n) is 3.47. The van der Waals surface area contributed by atoms with E-state index in [-0.39, 0.29) is 18.8 Å². The summed E-state index contributed by atoms with van der Waals surface area (Å²) < 4.78 is 16.8. The van der Waals surface area contributed by atoms with Gasteiger partial charge in [-0.1, -0.05) is 54.6 Å². The molecule has 0 saturated carbocycles. The number of aliphatic hydroxyl groups excluding tert-OH is 1. The molecular formula is C26H32NO4+. The minimum atomic E-state index is -0.579. The average Bonchev–Trinajstić information content (AvgIpc) is 2.84. The highest BCUT2D eigenvalue weighted by molar-refractivity contribution is 5.36. The van der Waals surface area contributed by atoms with Crippen molar-refractivity contribution in [2.75, 3.05) is 27.4 Å². The molecule has 3 N–H and O–H groups in total. The number of benzene rings is 3. The van der Waals surface area contributed by atoms with Gasteiger partial charge in [0, 0.05) is 5.56 Å². The van der Waals surface area contributed by atoms with Crippen molar-refractivity contribution in [3.8, 4) is 11.5 Å². The van der Waals surface area contributed by atoms with Crippen molar-refractivity contribution in [1.29, 1.82) is 0 Å². The number of hydrogen-bond donors (Lipinski definition) is 2. The Labute approximate surface area is 184 Å². The number of quaternary nitrogens is 1. The minimum Gasteiger partial charge on any atom is -0.497 e. The summed E-state index contributed by atoms with van der Waals surface area (Å²) in [5, 5.41) is 12.7. The van der Waals surface area contributed by atoms with E-state index in [4.69, 9.17) is 14.2 Å². The Balaban J connectivity index is 1.64. The second kappa shape index (κ2) is 11.5. The third kappa shape index (κ3) is 6.56. The summed E-state index contributed by atoms with van der Waals surface area (Å²) in [5.74, 6) is 1.59. The molecule has 31 heavy (non-hydrogen) atoms. The molecule has 2 atom stereocenters. The van der Waals surface area contributed by atoms with Crippen LogP contribution >= 0.6 is 0 Å². The standard InChI is InChI=1S/C26H31NO4/c1-19(20-7-5-4-6-8-20)27-17-23(28)18-31-26(21-9-13-24(29-2)14-10-21)22-11-15-25(30-3)16-12-22/h4-16,19,23,26-28H,17-18H2,1-3H3/p+1/t19-,23+/m1/s1. The molecule has 5 nitrogen and oxygen atoms in total. The Kier molecular flexibility index (Phi) is 8.47. The van der Waals surface area contributed by atoms with Crippen LogP contribution in [-0.4, -0.2) is 38.6 Å². The number of aliphatic hydroxyl groups is 1. The number of rotatable bonds is 11. The first-order chi connectivity index (χ1) is 15.1. The molecule has 3 rings (SSSR count). The maximum absolute atomic E-state index is 10.6. The Bertz CT molecular complexity index is 849. The van der Waals surface area contributed by atoms with Crippen LogP contribution in [0, 0.1) is 0 Å². The van der Waals surface area contributed by atoms with Gasteiger partial charge in [-0.25, -0.2) is 0 Å². The number of hydrogen-bond acceptors (Lipinski definition) is 4. The predicted molar refractivity (Wildman–Crippen MR) is 121 cm³/mol. The predicted octanol–water partition coefficient (Wildman–Crippen LogP) is 3.50. The molecule has 0 aliphatic rings. The monoisotopic (exact) mass is 422 g/mol. The van der Waals surface area contributed by atoms with Crippen LogP contribution in [0.15, 0.2) is 78.9 Å². The SMILES string of the molecule is COc1ccc(C(OC[C@@H](O)C[NH2+][C@H](C)c2ccccc2)c2ccc(OC)cc2)cc1. The zero-order valence-corrected chi connectivity index (χ0v) is 18.4. The van der Waals surface area contributed by atoms with Gasteiger partial charge in [-0.05, 0) is 42.3 Å². The third-order valence-electron chi connectivity index (χ3n) is 5.38. The molecule has 3 aromatic carbocycles. The van der Waals surface area contributed by atoms with Gasteiger partial charge in [-0.2, -0.15) is 0 Å². The fraction of sp³-hybridized carbons (Fsp3) is 0.308. The maximum Gasteiger partial charge on any atom is 0.126 e. The molecule has 0 amide bonds. The zero-order valence-electron chi connectivity index (χ0n) is 18.4. The summed E-state index contributed by atoms with van der Waals surface area (Å²) in [5.41, 5.74) is 3.24. The van der Waals surface area contributed by atoms with Crippen molar-refractivity contribution in [2.45, 2.75) is 25.2 Å². The van der Waals surface area contributed by atoms with Gasteiger partial charge in [-0.3, -0.25) is 0 Å². The summed E-state index contributed by atoms with van der Waals surface area (Å²) in [4.78, 5) is 0. The van der Waals surface area contributed by atoms with Crippen LogP contribution in [-0.2, 0) is 4.74 Å². The Hall–Kier alpha value is -2.86. The highest BCUT2D eigenvalue weighted by atomic mass is 16.5. The van der Waals surface area contributed by atoms with Crippen molar-refractivity contribution in [2.24, 2.45) is 0 Å². The van der Waals surface area contributed by atoms with Gasteiger partial charge >= 0.3 is 0 Å². The molecule has 0 fully saturated rings. The quantitative estimate of drug-likeness (QED) is 0.497. The molecule has 0 radical (unpaired) electrons. The van der Waals surface area contributed by atoms with Crippen LogP contribution in [0.1, 0.15) is 35.8 Å². The minimum absolute atomic E-state index is 0.237. The van der Waals surface area contributed by atoms with Crippen molar-refractivity contribution in [3.05, 3.63) is 95.6 Å². The van der Waals surface area contributed by atoms with Crippen molar-refractivity contribution >= 4 is 0 Å². The van der Waals surface area contributed by atoms with E-state index in [2.05, 4.69) is 24.4 Å². The van der Waals surface area contributed by atoms with E-state index in [1.54, 1.807) is 14.2 Å². The first-order valence-corrected chi connectivity index (χ1v) is 10.6. The lowest BCUT2D eigenvalue weighted by Gasteiger charge is -2.22. The maximum atomic E-state index is 10.6. The van der Waals surface area contributed by atoms with E-state index in [9.17, 15) is 5.11 Å². The van der Waals surface area contributed by atoms with E-state index in [1.165, 1.54) is 5.56 Å². The summed E-state index contributed by atoms with van der Waals surface area (Å²) in [6, 6.07) is 26.2. The van der Waals surface area contributed by atoms with Crippen molar-refractivity contribution in [3.63, 3.8) is 0 Å². The van der Waals surface area contributed by atoms with Crippen LogP contribution in [0.5, 0.6) is 11.5 Å². The number of nitrogens with two attached hydrogens (primary N) is 1. The Morgan fingerprint density at radius 3 is 1.74 bits per heavy atom. The lowest BCUT2D eigenvalue weighted by atomic mass is 10.0. The van der Waals surface area contributed by atoms with Gasteiger partial charge in [-0.15, -0.1) is 0 Å². The van der Waals surface area contributed by atoms with Crippen LogP contribution in [0.2, 0.25) is 0 Å². The van der Waals surface area contributed by atoms with Crippen LogP contribution in [0.4, 0.5) is 0 Å². The van der Waals surface area contributed by atoms with E-state index in [0.717, 1.165) is 22.6 Å².